The first-order valence-corrected chi connectivity index (χ1v) is 5.77. The van der Waals surface area contributed by atoms with E-state index < -0.39 is 0 Å². The summed E-state index contributed by atoms with van der Waals surface area (Å²) in [5, 5.41) is 8.32. The molecule has 2 aromatic carbocycles. The summed E-state index contributed by atoms with van der Waals surface area (Å²) in [7, 11) is 1.61. The Bertz CT molecular complexity index is 657. The molecule has 0 unspecified atom stereocenters. The van der Waals surface area contributed by atoms with Crippen LogP contribution in [0.25, 0.3) is 4.85 Å². The van der Waals surface area contributed by atoms with Crippen molar-refractivity contribution in [2.75, 3.05) is 7.11 Å². The maximum atomic E-state index is 6.96. The zero-order valence-electron chi connectivity index (χ0n) is 10.8. The molecule has 2 aromatic rings. The van der Waals surface area contributed by atoms with Crippen molar-refractivity contribution in [3.8, 4) is 5.75 Å². The van der Waals surface area contributed by atoms with Crippen LogP contribution in [0.15, 0.2) is 52.7 Å². The topological polar surface area (TPSA) is 38.3 Å². The van der Waals surface area contributed by atoms with Gasteiger partial charge in [0.05, 0.1) is 19.4 Å². The Morgan fingerprint density at radius 3 is 2.63 bits per heavy atom. The molecule has 2 rings (SSSR count). The Morgan fingerprint density at radius 1 is 1.11 bits per heavy atom. The first-order valence-electron chi connectivity index (χ1n) is 5.77. The third kappa shape index (κ3) is 2.96. The van der Waals surface area contributed by atoms with E-state index in [4.69, 9.17) is 11.3 Å². The van der Waals surface area contributed by atoms with E-state index in [2.05, 4.69) is 15.1 Å². The monoisotopic (exact) mass is 251 g/mol. The molecule has 0 aliphatic rings. The van der Waals surface area contributed by atoms with E-state index in [0.717, 1.165) is 5.56 Å². The Kier molecular flexibility index (Phi) is 3.89. The Morgan fingerprint density at radius 2 is 1.89 bits per heavy atom. The number of hydrogen-bond acceptors (Lipinski definition) is 3. The highest BCUT2D eigenvalue weighted by Crippen LogP contribution is 2.32. The number of hydrogen-bond donors (Lipinski definition) is 0. The van der Waals surface area contributed by atoms with Crippen LogP contribution in [-0.4, -0.2) is 7.11 Å². The fourth-order valence-corrected chi connectivity index (χ4v) is 1.72. The molecule has 19 heavy (non-hydrogen) atoms. The van der Waals surface area contributed by atoms with Crippen LogP contribution in [0.2, 0.25) is 0 Å². The second-order valence-corrected chi connectivity index (χ2v) is 3.96. The van der Waals surface area contributed by atoms with Crippen LogP contribution in [0.1, 0.15) is 5.56 Å². The standard InChI is InChI=1S/C15H13N3O/c1-11-6-4-9-14(15(11)19-3)18-17-13-8-5-7-12(10-13)16-2/h4-10H,1,3H3. The number of azo groups is 1. The number of benzene rings is 2. The molecule has 94 valence electrons. The third-order valence-corrected chi connectivity index (χ3v) is 2.63. The number of ether oxygens (including phenoxy) is 1. The summed E-state index contributed by atoms with van der Waals surface area (Å²) in [4.78, 5) is 3.36. The number of rotatable bonds is 3. The van der Waals surface area contributed by atoms with Gasteiger partial charge in [0.1, 0.15) is 11.4 Å². The number of para-hydroxylation sites is 1. The molecule has 0 saturated heterocycles. The highest BCUT2D eigenvalue weighted by atomic mass is 16.5. The van der Waals surface area contributed by atoms with Crippen molar-refractivity contribution in [3.05, 3.63) is 59.4 Å². The molecule has 0 fully saturated rings. The molecule has 4 nitrogen and oxygen atoms in total. The second kappa shape index (κ2) is 5.78. The number of aryl methyl sites for hydroxylation is 1. The van der Waals surface area contributed by atoms with Crippen LogP contribution in [0.3, 0.4) is 0 Å². The van der Waals surface area contributed by atoms with Crippen molar-refractivity contribution in [1.82, 2.24) is 0 Å². The van der Waals surface area contributed by atoms with Gasteiger partial charge in [-0.05, 0) is 30.7 Å². The minimum atomic E-state index is 0.549. The molecule has 0 saturated carbocycles. The lowest BCUT2D eigenvalue weighted by molar-refractivity contribution is 0.413. The molecule has 0 aliphatic heterocycles. The summed E-state index contributed by atoms with van der Waals surface area (Å²) in [6.07, 6.45) is 0. The first kappa shape index (κ1) is 12.8. The zero-order chi connectivity index (χ0) is 13.7. The van der Waals surface area contributed by atoms with E-state index in [1.54, 1.807) is 31.4 Å². The highest BCUT2D eigenvalue weighted by molar-refractivity contribution is 5.57. The van der Waals surface area contributed by atoms with Gasteiger partial charge in [-0.25, -0.2) is 4.85 Å². The van der Waals surface area contributed by atoms with Gasteiger partial charge in [0.15, 0.2) is 5.69 Å². The first-order chi connectivity index (χ1) is 9.24. The second-order valence-electron chi connectivity index (χ2n) is 3.96. The maximum absolute atomic E-state index is 6.96. The van der Waals surface area contributed by atoms with Crippen molar-refractivity contribution in [3.63, 3.8) is 0 Å². The summed E-state index contributed by atoms with van der Waals surface area (Å²) in [5.74, 6) is 0.715. The van der Waals surface area contributed by atoms with E-state index in [9.17, 15) is 0 Å². The number of methoxy groups -OCH3 is 1. The van der Waals surface area contributed by atoms with Crippen LogP contribution in [0, 0.1) is 13.5 Å². The van der Waals surface area contributed by atoms with Gasteiger partial charge in [-0.3, -0.25) is 0 Å². The zero-order valence-corrected chi connectivity index (χ0v) is 10.8. The summed E-state index contributed by atoms with van der Waals surface area (Å²) in [5.41, 5.74) is 2.88. The predicted molar refractivity (Wildman–Crippen MR) is 74.6 cm³/mol. The molecule has 0 atom stereocenters. The van der Waals surface area contributed by atoms with Crippen molar-refractivity contribution < 1.29 is 4.74 Å². The lowest BCUT2D eigenvalue weighted by atomic mass is 10.2. The van der Waals surface area contributed by atoms with Crippen molar-refractivity contribution in [2.24, 2.45) is 10.2 Å². The summed E-state index contributed by atoms with van der Waals surface area (Å²) in [6.45, 7) is 8.92. The van der Waals surface area contributed by atoms with Gasteiger partial charge >= 0.3 is 0 Å². The van der Waals surface area contributed by atoms with Crippen LogP contribution in [0.4, 0.5) is 17.1 Å². The third-order valence-electron chi connectivity index (χ3n) is 2.63. The van der Waals surface area contributed by atoms with Gasteiger partial charge < -0.3 is 4.74 Å². The maximum Gasteiger partial charge on any atom is 0.189 e. The molecule has 0 amide bonds. The van der Waals surface area contributed by atoms with E-state index in [0.29, 0.717) is 22.8 Å². The molecule has 0 heterocycles. The van der Waals surface area contributed by atoms with Gasteiger partial charge in [0.2, 0.25) is 0 Å². The fraction of sp³-hybridized carbons (Fsp3) is 0.133. The lowest BCUT2D eigenvalue weighted by Crippen LogP contribution is -1.86. The molecule has 0 N–H and O–H groups in total. The number of nitrogens with zero attached hydrogens (tertiary/aromatic N) is 3. The molecule has 0 radical (unpaired) electrons. The molecular formula is C15H13N3O. The van der Waals surface area contributed by atoms with Crippen LogP contribution < -0.4 is 4.74 Å². The van der Waals surface area contributed by atoms with E-state index in [-0.39, 0.29) is 0 Å². The molecule has 0 spiro atoms. The van der Waals surface area contributed by atoms with E-state index in [1.165, 1.54) is 0 Å². The van der Waals surface area contributed by atoms with Crippen LogP contribution in [-0.2, 0) is 0 Å². The van der Waals surface area contributed by atoms with Crippen LogP contribution >= 0.6 is 0 Å². The minimum Gasteiger partial charge on any atom is -0.494 e. The van der Waals surface area contributed by atoms with Gasteiger partial charge in [-0.2, -0.15) is 5.11 Å². The molecule has 4 heteroatoms. The van der Waals surface area contributed by atoms with E-state index >= 15 is 0 Å². The normalized spacial score (nSPS) is 10.4. The van der Waals surface area contributed by atoms with Gasteiger partial charge in [0, 0.05) is 0 Å². The Labute approximate surface area is 112 Å². The lowest BCUT2D eigenvalue weighted by Gasteiger charge is -2.06. The average Bonchev–Trinajstić information content (AvgIpc) is 2.45. The smallest absolute Gasteiger partial charge is 0.189 e. The largest absolute Gasteiger partial charge is 0.494 e. The van der Waals surface area contributed by atoms with Crippen LogP contribution in [0.5, 0.6) is 5.75 Å². The quantitative estimate of drug-likeness (QED) is 0.560. The molecule has 0 bridgehead atoms. The predicted octanol–water partition coefficient (Wildman–Crippen LogP) is 4.97. The molecule has 0 aromatic heterocycles. The highest BCUT2D eigenvalue weighted by Gasteiger charge is 2.04. The average molecular weight is 251 g/mol. The summed E-state index contributed by atoms with van der Waals surface area (Å²) >= 11 is 0. The SMILES string of the molecule is [C-]#[N+]c1cccc(N=Nc2cccc(C)c2OC)c1. The fourth-order valence-electron chi connectivity index (χ4n) is 1.72. The Balaban J connectivity index is 2.33. The molecular weight excluding hydrogens is 238 g/mol. The van der Waals surface area contributed by atoms with Gasteiger partial charge in [-0.1, -0.05) is 24.3 Å². The van der Waals surface area contributed by atoms with Gasteiger partial charge in [0.25, 0.3) is 0 Å². The van der Waals surface area contributed by atoms with Crippen molar-refractivity contribution in [2.45, 2.75) is 6.92 Å². The van der Waals surface area contributed by atoms with Crippen molar-refractivity contribution >= 4 is 17.1 Å². The summed E-state index contributed by atoms with van der Waals surface area (Å²) in [6, 6.07) is 12.7. The van der Waals surface area contributed by atoms with Crippen molar-refractivity contribution in [1.29, 1.82) is 0 Å². The summed E-state index contributed by atoms with van der Waals surface area (Å²) < 4.78 is 5.31. The van der Waals surface area contributed by atoms with Gasteiger partial charge in [-0.15, -0.1) is 5.11 Å². The van der Waals surface area contributed by atoms with E-state index in [1.807, 2.05) is 25.1 Å². The minimum absolute atomic E-state index is 0.549. The Hall–Kier alpha value is -2.67. The molecule has 0 aliphatic carbocycles.